The number of ketones is 1. The number of benzene rings is 2. The Kier molecular flexibility index (Phi) is 5.25. The first kappa shape index (κ1) is 18.0. The SMILES string of the molecule is CC(=O)c1cccc(S(=O)(=O)N[C@H](c2ccccc2)c2ccccn2)c1. The average Bonchev–Trinajstić information content (AvgIpc) is 2.67. The molecule has 3 rings (SSSR count). The lowest BCUT2D eigenvalue weighted by atomic mass is 10.0. The molecule has 0 aliphatic rings. The smallest absolute Gasteiger partial charge is 0.241 e. The minimum absolute atomic E-state index is 0.0436. The van der Waals surface area contributed by atoms with Crippen molar-refractivity contribution in [1.29, 1.82) is 0 Å². The summed E-state index contributed by atoms with van der Waals surface area (Å²) in [6.07, 6.45) is 1.62. The van der Waals surface area contributed by atoms with Crippen LogP contribution in [0.5, 0.6) is 0 Å². The number of aromatic nitrogens is 1. The Morgan fingerprint density at radius 3 is 2.35 bits per heavy atom. The van der Waals surface area contributed by atoms with Gasteiger partial charge in [0.25, 0.3) is 0 Å². The van der Waals surface area contributed by atoms with Crippen molar-refractivity contribution in [2.24, 2.45) is 0 Å². The largest absolute Gasteiger partial charge is 0.295 e. The number of Topliss-reactive ketones (excluding diaryl/α,β-unsaturated/α-hetero) is 1. The summed E-state index contributed by atoms with van der Waals surface area (Å²) in [5, 5.41) is 0. The van der Waals surface area contributed by atoms with E-state index < -0.39 is 16.1 Å². The van der Waals surface area contributed by atoms with Crippen molar-refractivity contribution in [1.82, 2.24) is 9.71 Å². The maximum absolute atomic E-state index is 12.9. The number of carbonyl (C=O) groups excluding carboxylic acids is 1. The number of nitrogens with zero attached hydrogens (tertiary/aromatic N) is 1. The quantitative estimate of drug-likeness (QED) is 0.679. The Morgan fingerprint density at radius 1 is 0.962 bits per heavy atom. The van der Waals surface area contributed by atoms with E-state index in [1.807, 2.05) is 36.4 Å². The summed E-state index contributed by atoms with van der Waals surface area (Å²) in [5.41, 5.74) is 1.71. The zero-order valence-electron chi connectivity index (χ0n) is 14.2. The molecule has 0 bridgehead atoms. The van der Waals surface area contributed by atoms with Gasteiger partial charge in [-0.05, 0) is 36.8 Å². The Morgan fingerprint density at radius 2 is 1.69 bits per heavy atom. The topological polar surface area (TPSA) is 76.1 Å². The second-order valence-electron chi connectivity index (χ2n) is 5.80. The van der Waals surface area contributed by atoms with Gasteiger partial charge in [0, 0.05) is 11.8 Å². The fourth-order valence-corrected chi connectivity index (χ4v) is 3.84. The van der Waals surface area contributed by atoms with Gasteiger partial charge in [0.1, 0.15) is 0 Å². The van der Waals surface area contributed by atoms with Gasteiger partial charge in [-0.2, -0.15) is 4.72 Å². The number of hydrogen-bond acceptors (Lipinski definition) is 4. The molecule has 26 heavy (non-hydrogen) atoms. The third-order valence-corrected chi connectivity index (χ3v) is 5.36. The van der Waals surface area contributed by atoms with Crippen LogP contribution >= 0.6 is 0 Å². The van der Waals surface area contributed by atoms with Crippen molar-refractivity contribution in [2.45, 2.75) is 17.9 Å². The van der Waals surface area contributed by atoms with E-state index >= 15 is 0 Å². The lowest BCUT2D eigenvalue weighted by Crippen LogP contribution is -2.30. The number of rotatable bonds is 6. The van der Waals surface area contributed by atoms with Crippen LogP contribution in [0.1, 0.15) is 34.6 Å². The minimum atomic E-state index is -3.85. The van der Waals surface area contributed by atoms with Crippen LogP contribution in [-0.4, -0.2) is 19.2 Å². The van der Waals surface area contributed by atoms with Gasteiger partial charge in [-0.25, -0.2) is 8.42 Å². The Bertz CT molecular complexity index is 964. The Labute approximate surface area is 152 Å². The van der Waals surface area contributed by atoms with E-state index in [4.69, 9.17) is 0 Å². The fourth-order valence-electron chi connectivity index (χ4n) is 2.60. The molecule has 6 heteroatoms. The monoisotopic (exact) mass is 366 g/mol. The van der Waals surface area contributed by atoms with Crippen molar-refractivity contribution in [3.05, 3.63) is 95.8 Å². The summed E-state index contributed by atoms with van der Waals surface area (Å²) in [6, 6.07) is 19.9. The zero-order valence-corrected chi connectivity index (χ0v) is 15.0. The van der Waals surface area contributed by atoms with E-state index in [1.165, 1.54) is 19.1 Å². The molecule has 1 N–H and O–H groups in total. The normalized spacial score (nSPS) is 12.5. The lowest BCUT2D eigenvalue weighted by Gasteiger charge is -2.19. The van der Waals surface area contributed by atoms with E-state index in [0.29, 0.717) is 11.3 Å². The predicted molar refractivity (Wildman–Crippen MR) is 99.3 cm³/mol. The standard InChI is InChI=1S/C20H18N2O3S/c1-15(23)17-10-7-11-18(14-17)26(24,25)22-20(16-8-3-2-4-9-16)19-12-5-6-13-21-19/h2-14,20,22H,1H3/t20-/m1/s1. The van der Waals surface area contributed by atoms with Crippen LogP contribution in [-0.2, 0) is 10.0 Å². The van der Waals surface area contributed by atoms with Crippen LogP contribution in [0.15, 0.2) is 83.9 Å². The molecule has 1 heterocycles. The maximum atomic E-state index is 12.9. The fraction of sp³-hybridized carbons (Fsp3) is 0.100. The highest BCUT2D eigenvalue weighted by atomic mass is 32.2. The molecule has 5 nitrogen and oxygen atoms in total. The third-order valence-electron chi connectivity index (χ3n) is 3.94. The number of carbonyl (C=O) groups is 1. The van der Waals surface area contributed by atoms with Crippen molar-refractivity contribution in [3.8, 4) is 0 Å². The second-order valence-corrected chi connectivity index (χ2v) is 7.52. The molecule has 0 unspecified atom stereocenters. The van der Waals surface area contributed by atoms with Crippen molar-refractivity contribution >= 4 is 15.8 Å². The van der Waals surface area contributed by atoms with Gasteiger partial charge in [0.15, 0.2) is 5.78 Å². The highest BCUT2D eigenvalue weighted by Gasteiger charge is 2.24. The van der Waals surface area contributed by atoms with Crippen molar-refractivity contribution < 1.29 is 13.2 Å². The molecule has 0 amide bonds. The number of hydrogen-bond donors (Lipinski definition) is 1. The molecular formula is C20H18N2O3S. The molecule has 2 aromatic carbocycles. The summed E-state index contributed by atoms with van der Waals surface area (Å²) in [4.78, 5) is 15.9. The van der Waals surface area contributed by atoms with Gasteiger partial charge in [0.05, 0.1) is 16.6 Å². The maximum Gasteiger partial charge on any atom is 0.241 e. The van der Waals surface area contributed by atoms with Crippen LogP contribution in [0, 0.1) is 0 Å². The number of nitrogens with one attached hydrogen (secondary N) is 1. The van der Waals surface area contributed by atoms with E-state index in [-0.39, 0.29) is 10.7 Å². The molecule has 1 aromatic heterocycles. The first-order valence-corrected chi connectivity index (χ1v) is 9.55. The molecule has 0 aliphatic carbocycles. The van der Waals surface area contributed by atoms with Gasteiger partial charge in [-0.3, -0.25) is 9.78 Å². The van der Waals surface area contributed by atoms with Crippen LogP contribution in [0.25, 0.3) is 0 Å². The average molecular weight is 366 g/mol. The second kappa shape index (κ2) is 7.59. The number of pyridine rings is 1. The molecule has 1 atom stereocenters. The molecule has 0 aliphatic heterocycles. The van der Waals surface area contributed by atoms with Gasteiger partial charge >= 0.3 is 0 Å². The molecule has 0 fully saturated rings. The molecule has 3 aromatic rings. The van der Waals surface area contributed by atoms with Gasteiger partial charge in [-0.1, -0.05) is 48.5 Å². The molecule has 0 radical (unpaired) electrons. The summed E-state index contributed by atoms with van der Waals surface area (Å²) in [6.45, 7) is 1.40. The molecule has 0 saturated heterocycles. The highest BCUT2D eigenvalue weighted by molar-refractivity contribution is 7.89. The predicted octanol–water partition coefficient (Wildman–Crippen LogP) is 3.35. The highest BCUT2D eigenvalue weighted by Crippen LogP contribution is 2.23. The summed E-state index contributed by atoms with van der Waals surface area (Å²) >= 11 is 0. The molecule has 132 valence electrons. The van der Waals surface area contributed by atoms with Gasteiger partial charge in [-0.15, -0.1) is 0 Å². The summed E-state index contributed by atoms with van der Waals surface area (Å²) < 4.78 is 28.5. The van der Waals surface area contributed by atoms with Gasteiger partial charge in [0.2, 0.25) is 10.0 Å². The third kappa shape index (κ3) is 4.04. The molecule has 0 spiro atoms. The van der Waals surface area contributed by atoms with Crippen molar-refractivity contribution in [2.75, 3.05) is 0 Å². The van der Waals surface area contributed by atoms with E-state index in [9.17, 15) is 13.2 Å². The van der Waals surface area contributed by atoms with Crippen LogP contribution in [0.3, 0.4) is 0 Å². The Balaban J connectivity index is 2.01. The van der Waals surface area contributed by atoms with Crippen LogP contribution in [0.4, 0.5) is 0 Å². The molecular weight excluding hydrogens is 348 g/mol. The van der Waals surface area contributed by atoms with Gasteiger partial charge < -0.3 is 0 Å². The number of sulfonamides is 1. The lowest BCUT2D eigenvalue weighted by molar-refractivity contribution is 0.101. The van der Waals surface area contributed by atoms with E-state index in [2.05, 4.69) is 9.71 Å². The van der Waals surface area contributed by atoms with E-state index in [1.54, 1.807) is 30.5 Å². The zero-order chi connectivity index (χ0) is 18.6. The first-order chi connectivity index (χ1) is 12.5. The molecule has 0 saturated carbocycles. The Hall–Kier alpha value is -2.83. The van der Waals surface area contributed by atoms with E-state index in [0.717, 1.165) is 5.56 Å². The summed E-state index contributed by atoms with van der Waals surface area (Å²) in [7, 11) is -3.85. The van der Waals surface area contributed by atoms with Crippen molar-refractivity contribution in [3.63, 3.8) is 0 Å². The van der Waals surface area contributed by atoms with Crippen LogP contribution < -0.4 is 4.72 Å². The van der Waals surface area contributed by atoms with Crippen LogP contribution in [0.2, 0.25) is 0 Å². The minimum Gasteiger partial charge on any atom is -0.295 e. The first-order valence-electron chi connectivity index (χ1n) is 8.06. The summed E-state index contributed by atoms with van der Waals surface area (Å²) in [5.74, 6) is -0.189.